The molecule has 0 radical (unpaired) electrons. The number of carbonyl (C=O) groups is 2. The smallest absolute Gasteiger partial charge is 0.361 e. The van der Waals surface area contributed by atoms with Gasteiger partial charge < -0.3 is 15.8 Å². The Bertz CT molecular complexity index is 757. The molecule has 1 unspecified atom stereocenters. The van der Waals surface area contributed by atoms with Gasteiger partial charge in [-0.2, -0.15) is 0 Å². The zero-order valence-corrected chi connectivity index (χ0v) is 12.7. The first-order valence-electron chi connectivity index (χ1n) is 6.42. The average molecular weight is 339 g/mol. The second-order valence-electron chi connectivity index (χ2n) is 4.45. The SMILES string of the molecule is CC(OC(=O)c1nccnc1N)C(=O)Nc1ccc(F)cc1Cl. The van der Waals surface area contributed by atoms with Gasteiger partial charge in [-0.05, 0) is 25.1 Å². The van der Waals surface area contributed by atoms with Crippen molar-refractivity contribution >= 4 is 35.0 Å². The highest BCUT2D eigenvalue weighted by molar-refractivity contribution is 6.33. The molecule has 0 aliphatic rings. The quantitative estimate of drug-likeness (QED) is 0.826. The largest absolute Gasteiger partial charge is 0.448 e. The van der Waals surface area contributed by atoms with Crippen LogP contribution in [0.25, 0.3) is 0 Å². The lowest BCUT2D eigenvalue weighted by Gasteiger charge is -2.14. The molecule has 0 saturated carbocycles. The number of carbonyl (C=O) groups excluding carboxylic acids is 2. The van der Waals surface area contributed by atoms with E-state index in [1.807, 2.05) is 0 Å². The molecular formula is C14H12ClFN4O3. The predicted octanol–water partition coefficient (Wildman–Crippen LogP) is 2.04. The number of ether oxygens (including phenoxy) is 1. The molecule has 0 aliphatic heterocycles. The summed E-state index contributed by atoms with van der Waals surface area (Å²) in [5, 5.41) is 2.45. The first-order chi connectivity index (χ1) is 10.9. The molecule has 0 fully saturated rings. The molecule has 0 aliphatic carbocycles. The maximum atomic E-state index is 12.9. The van der Waals surface area contributed by atoms with Crippen LogP contribution in [-0.4, -0.2) is 27.9 Å². The Morgan fingerprint density at radius 2 is 2.04 bits per heavy atom. The second-order valence-corrected chi connectivity index (χ2v) is 4.86. The fourth-order valence-corrected chi connectivity index (χ4v) is 1.82. The molecule has 0 bridgehead atoms. The van der Waals surface area contributed by atoms with Gasteiger partial charge in [0.15, 0.2) is 17.6 Å². The van der Waals surface area contributed by atoms with Gasteiger partial charge in [-0.25, -0.2) is 19.2 Å². The number of amides is 1. The van der Waals surface area contributed by atoms with Crippen LogP contribution in [0.1, 0.15) is 17.4 Å². The van der Waals surface area contributed by atoms with E-state index < -0.39 is 23.8 Å². The number of hydrogen-bond acceptors (Lipinski definition) is 6. The van der Waals surface area contributed by atoms with Crippen LogP contribution < -0.4 is 11.1 Å². The molecule has 7 nitrogen and oxygen atoms in total. The van der Waals surface area contributed by atoms with Crippen LogP contribution in [0.4, 0.5) is 15.9 Å². The Morgan fingerprint density at radius 1 is 1.35 bits per heavy atom. The molecule has 2 aromatic rings. The third-order valence-corrected chi connectivity index (χ3v) is 3.07. The number of halogens is 2. The number of nitrogens with zero attached hydrogens (tertiary/aromatic N) is 2. The number of nitrogen functional groups attached to an aromatic ring is 1. The van der Waals surface area contributed by atoms with Gasteiger partial charge in [-0.1, -0.05) is 11.6 Å². The van der Waals surface area contributed by atoms with Crippen LogP contribution in [0.15, 0.2) is 30.6 Å². The molecule has 3 N–H and O–H groups in total. The summed E-state index contributed by atoms with van der Waals surface area (Å²) in [6.45, 7) is 1.36. The Kier molecular flexibility index (Phi) is 5.07. The number of hydrogen-bond donors (Lipinski definition) is 2. The van der Waals surface area contributed by atoms with Gasteiger partial charge in [-0.3, -0.25) is 4.79 Å². The van der Waals surface area contributed by atoms with Crippen molar-refractivity contribution in [1.82, 2.24) is 9.97 Å². The van der Waals surface area contributed by atoms with Gasteiger partial charge in [0, 0.05) is 12.4 Å². The minimum Gasteiger partial charge on any atom is -0.448 e. The molecule has 1 aromatic heterocycles. The first kappa shape index (κ1) is 16.6. The third kappa shape index (κ3) is 4.13. The van der Waals surface area contributed by atoms with Crippen molar-refractivity contribution < 1.29 is 18.7 Å². The molecule has 1 atom stereocenters. The summed E-state index contributed by atoms with van der Waals surface area (Å²) in [7, 11) is 0. The summed E-state index contributed by atoms with van der Waals surface area (Å²) in [6.07, 6.45) is 1.44. The van der Waals surface area contributed by atoms with Crippen molar-refractivity contribution in [3.05, 3.63) is 47.1 Å². The fraction of sp³-hybridized carbons (Fsp3) is 0.143. The van der Waals surface area contributed by atoms with Crippen molar-refractivity contribution in [3.63, 3.8) is 0 Å². The summed E-state index contributed by atoms with van der Waals surface area (Å²) >= 11 is 5.80. The van der Waals surface area contributed by atoms with Crippen molar-refractivity contribution in [3.8, 4) is 0 Å². The summed E-state index contributed by atoms with van der Waals surface area (Å²) < 4.78 is 17.9. The van der Waals surface area contributed by atoms with E-state index in [4.69, 9.17) is 22.1 Å². The molecule has 1 amide bonds. The average Bonchev–Trinajstić information content (AvgIpc) is 2.50. The zero-order chi connectivity index (χ0) is 17.0. The summed E-state index contributed by atoms with van der Waals surface area (Å²) in [6, 6.07) is 3.48. The van der Waals surface area contributed by atoms with Crippen molar-refractivity contribution in [2.24, 2.45) is 0 Å². The predicted molar refractivity (Wildman–Crippen MR) is 81.4 cm³/mol. The van der Waals surface area contributed by atoms with Gasteiger partial charge >= 0.3 is 5.97 Å². The van der Waals surface area contributed by atoms with Gasteiger partial charge in [0.25, 0.3) is 5.91 Å². The molecule has 1 aromatic carbocycles. The Morgan fingerprint density at radius 3 is 2.70 bits per heavy atom. The summed E-state index contributed by atoms with van der Waals surface area (Å²) in [4.78, 5) is 31.3. The molecule has 9 heteroatoms. The lowest BCUT2D eigenvalue weighted by atomic mass is 10.3. The number of nitrogens with one attached hydrogen (secondary N) is 1. The van der Waals surface area contributed by atoms with Crippen LogP contribution in [0.2, 0.25) is 5.02 Å². The van der Waals surface area contributed by atoms with Crippen LogP contribution >= 0.6 is 11.6 Å². The number of esters is 1. The highest BCUT2D eigenvalue weighted by atomic mass is 35.5. The standard InChI is InChI=1S/C14H12ClFN4O3/c1-7(23-14(22)11-12(17)19-5-4-18-11)13(21)20-10-3-2-8(16)6-9(10)15/h2-7H,1H3,(H2,17,19)(H,20,21). The lowest BCUT2D eigenvalue weighted by Crippen LogP contribution is -2.30. The molecular weight excluding hydrogens is 327 g/mol. The van der Waals surface area contributed by atoms with Gasteiger partial charge in [-0.15, -0.1) is 0 Å². The number of aromatic nitrogens is 2. The molecule has 0 saturated heterocycles. The monoisotopic (exact) mass is 338 g/mol. The number of anilines is 2. The molecule has 1 heterocycles. The van der Waals surface area contributed by atoms with E-state index in [-0.39, 0.29) is 22.2 Å². The molecule has 23 heavy (non-hydrogen) atoms. The van der Waals surface area contributed by atoms with E-state index >= 15 is 0 Å². The van der Waals surface area contributed by atoms with Crippen molar-refractivity contribution in [2.45, 2.75) is 13.0 Å². The first-order valence-corrected chi connectivity index (χ1v) is 6.79. The van der Waals surface area contributed by atoms with E-state index in [2.05, 4.69) is 15.3 Å². The van der Waals surface area contributed by atoms with Crippen LogP contribution in [0.5, 0.6) is 0 Å². The highest BCUT2D eigenvalue weighted by Gasteiger charge is 2.22. The summed E-state index contributed by atoms with van der Waals surface area (Å²) in [5.41, 5.74) is 5.51. The molecule has 2 rings (SSSR count). The van der Waals surface area contributed by atoms with Crippen LogP contribution in [0.3, 0.4) is 0 Å². The van der Waals surface area contributed by atoms with Gasteiger partial charge in [0.2, 0.25) is 0 Å². The topological polar surface area (TPSA) is 107 Å². The third-order valence-electron chi connectivity index (χ3n) is 2.76. The van der Waals surface area contributed by atoms with E-state index in [1.165, 1.54) is 25.4 Å². The van der Waals surface area contributed by atoms with Crippen LogP contribution in [0, 0.1) is 5.82 Å². The number of rotatable bonds is 4. The lowest BCUT2D eigenvalue weighted by molar-refractivity contribution is -0.123. The van der Waals surface area contributed by atoms with E-state index in [0.717, 1.165) is 12.1 Å². The number of benzene rings is 1. The highest BCUT2D eigenvalue weighted by Crippen LogP contribution is 2.22. The Labute approximate surface area is 135 Å². The normalized spacial score (nSPS) is 11.6. The van der Waals surface area contributed by atoms with Gasteiger partial charge in [0.05, 0.1) is 10.7 Å². The zero-order valence-electron chi connectivity index (χ0n) is 11.9. The second kappa shape index (κ2) is 7.01. The van der Waals surface area contributed by atoms with E-state index in [1.54, 1.807) is 0 Å². The van der Waals surface area contributed by atoms with E-state index in [9.17, 15) is 14.0 Å². The van der Waals surface area contributed by atoms with Crippen molar-refractivity contribution in [1.29, 1.82) is 0 Å². The molecule has 120 valence electrons. The maximum Gasteiger partial charge on any atom is 0.361 e. The van der Waals surface area contributed by atoms with Gasteiger partial charge in [0.1, 0.15) is 5.82 Å². The van der Waals surface area contributed by atoms with Crippen molar-refractivity contribution in [2.75, 3.05) is 11.1 Å². The molecule has 0 spiro atoms. The fourth-order valence-electron chi connectivity index (χ4n) is 1.60. The minimum absolute atomic E-state index is 0.0232. The summed E-state index contributed by atoms with van der Waals surface area (Å²) in [5.74, 6) is -2.17. The Balaban J connectivity index is 2.03. The van der Waals surface area contributed by atoms with Crippen LogP contribution in [-0.2, 0) is 9.53 Å². The Hall–Kier alpha value is -2.74. The van der Waals surface area contributed by atoms with E-state index in [0.29, 0.717) is 0 Å². The number of nitrogens with two attached hydrogens (primary N) is 1. The minimum atomic E-state index is -1.15. The maximum absolute atomic E-state index is 12.9.